The second-order valence-corrected chi connectivity index (χ2v) is 8.57. The highest BCUT2D eigenvalue weighted by Crippen LogP contribution is 2.35. The van der Waals surface area contributed by atoms with Gasteiger partial charge in [-0.2, -0.15) is 0 Å². The summed E-state index contributed by atoms with van der Waals surface area (Å²) in [4.78, 5) is 7.67. The molecule has 0 saturated heterocycles. The number of aromatic amines is 1. The van der Waals surface area contributed by atoms with Gasteiger partial charge in [0.15, 0.2) is 0 Å². The highest BCUT2D eigenvalue weighted by Gasteiger charge is 2.26. The molecule has 4 nitrogen and oxygen atoms in total. The van der Waals surface area contributed by atoms with E-state index in [1.54, 1.807) is 0 Å². The first-order valence-corrected chi connectivity index (χ1v) is 9.93. The smallest absolute Gasteiger partial charge is 0.129 e. The Kier molecular flexibility index (Phi) is 4.92. The fraction of sp³-hybridized carbons (Fsp3) is 0.435. The van der Waals surface area contributed by atoms with Crippen molar-refractivity contribution in [2.24, 2.45) is 5.41 Å². The molecule has 0 bridgehead atoms. The fourth-order valence-electron chi connectivity index (χ4n) is 3.86. The minimum absolute atomic E-state index is 0.523. The van der Waals surface area contributed by atoms with Crippen molar-refractivity contribution in [1.82, 2.24) is 15.3 Å². The maximum Gasteiger partial charge on any atom is 0.129 e. The number of ether oxygens (including phenoxy) is 1. The average Bonchev–Trinajstić information content (AvgIpc) is 3.01. The third-order valence-corrected chi connectivity index (χ3v) is 5.66. The van der Waals surface area contributed by atoms with Crippen LogP contribution in [0.3, 0.4) is 0 Å². The highest BCUT2D eigenvalue weighted by molar-refractivity contribution is 5.76. The van der Waals surface area contributed by atoms with Crippen LogP contribution in [0.2, 0.25) is 0 Å². The molecular formula is C23H29N3O. The third kappa shape index (κ3) is 4.51. The van der Waals surface area contributed by atoms with Crippen LogP contribution in [0.1, 0.15) is 50.9 Å². The zero-order valence-corrected chi connectivity index (χ0v) is 16.5. The molecule has 0 atom stereocenters. The number of hydrogen-bond donors (Lipinski definition) is 2. The predicted molar refractivity (Wildman–Crippen MR) is 110 cm³/mol. The Bertz CT molecular complexity index is 901. The van der Waals surface area contributed by atoms with Crippen molar-refractivity contribution >= 4 is 11.0 Å². The number of rotatable bonds is 5. The number of hydrogen-bond acceptors (Lipinski definition) is 3. The molecule has 4 rings (SSSR count). The number of nitrogens with one attached hydrogen (secondary N) is 2. The lowest BCUT2D eigenvalue weighted by atomic mass is 9.75. The van der Waals surface area contributed by atoms with Gasteiger partial charge in [-0.25, -0.2) is 4.98 Å². The zero-order valence-electron chi connectivity index (χ0n) is 16.5. The van der Waals surface area contributed by atoms with Crippen molar-refractivity contribution in [2.45, 2.75) is 59.0 Å². The van der Waals surface area contributed by atoms with E-state index in [0.29, 0.717) is 11.5 Å². The summed E-state index contributed by atoms with van der Waals surface area (Å²) in [5.41, 5.74) is 3.79. The van der Waals surface area contributed by atoms with E-state index in [2.05, 4.69) is 41.3 Å². The molecule has 0 amide bonds. The van der Waals surface area contributed by atoms with E-state index in [1.807, 2.05) is 37.3 Å². The minimum atomic E-state index is 0.523. The summed E-state index contributed by atoms with van der Waals surface area (Å²) in [5.74, 6) is 2.59. The van der Waals surface area contributed by atoms with Crippen molar-refractivity contribution in [2.75, 3.05) is 0 Å². The molecule has 142 valence electrons. The summed E-state index contributed by atoms with van der Waals surface area (Å²) in [6, 6.07) is 15.0. The van der Waals surface area contributed by atoms with E-state index in [9.17, 15) is 0 Å². The van der Waals surface area contributed by atoms with Crippen molar-refractivity contribution in [1.29, 1.82) is 0 Å². The molecule has 0 unspecified atom stereocenters. The van der Waals surface area contributed by atoms with Gasteiger partial charge in [0.25, 0.3) is 0 Å². The molecule has 3 aromatic rings. The molecule has 0 radical (unpaired) electrons. The topological polar surface area (TPSA) is 49.9 Å². The van der Waals surface area contributed by atoms with Crippen LogP contribution in [0.5, 0.6) is 11.5 Å². The summed E-state index contributed by atoms with van der Waals surface area (Å²) in [6.45, 7) is 7.65. The van der Waals surface area contributed by atoms with E-state index >= 15 is 0 Å². The summed E-state index contributed by atoms with van der Waals surface area (Å²) in [6.07, 6.45) is 5.20. The normalized spacial score (nSPS) is 17.3. The Hall–Kier alpha value is -2.33. The van der Waals surface area contributed by atoms with Gasteiger partial charge >= 0.3 is 0 Å². The Morgan fingerprint density at radius 1 is 1.07 bits per heavy atom. The first kappa shape index (κ1) is 18.1. The molecule has 4 heteroatoms. The van der Waals surface area contributed by atoms with E-state index in [0.717, 1.165) is 34.9 Å². The van der Waals surface area contributed by atoms with Gasteiger partial charge in [-0.15, -0.1) is 0 Å². The van der Waals surface area contributed by atoms with Crippen molar-refractivity contribution < 1.29 is 4.74 Å². The molecular weight excluding hydrogens is 334 g/mol. The van der Waals surface area contributed by atoms with Crippen LogP contribution in [0.15, 0.2) is 42.5 Å². The molecule has 1 aromatic heterocycles. The number of aromatic nitrogens is 2. The Labute approximate surface area is 161 Å². The fourth-order valence-corrected chi connectivity index (χ4v) is 3.86. The number of imidazole rings is 1. The maximum absolute atomic E-state index is 6.00. The molecule has 1 aliphatic rings. The SMILES string of the molecule is Cc1nc2ccc(Oc3ccc(CNC4CCC(C)(C)CC4)cc3)cc2[nH]1. The van der Waals surface area contributed by atoms with Crippen LogP contribution in [0.25, 0.3) is 11.0 Å². The third-order valence-electron chi connectivity index (χ3n) is 5.66. The molecule has 27 heavy (non-hydrogen) atoms. The van der Waals surface area contributed by atoms with E-state index in [1.165, 1.54) is 31.2 Å². The standard InChI is InChI=1S/C23H29N3O/c1-16-25-21-9-8-20(14-22(21)26-16)27-19-6-4-17(5-7-19)15-24-18-10-12-23(2,3)13-11-18/h4-9,14,18,24H,10-13,15H2,1-3H3,(H,25,26). The quantitative estimate of drug-likeness (QED) is 0.609. The van der Waals surface area contributed by atoms with Crippen LogP contribution in [-0.4, -0.2) is 16.0 Å². The average molecular weight is 364 g/mol. The molecule has 0 aliphatic heterocycles. The molecule has 2 N–H and O–H groups in total. The van der Waals surface area contributed by atoms with Gasteiger partial charge < -0.3 is 15.0 Å². The molecule has 1 saturated carbocycles. The predicted octanol–water partition coefficient (Wildman–Crippen LogP) is 5.72. The molecule has 0 spiro atoms. The summed E-state index contributed by atoms with van der Waals surface area (Å²) < 4.78 is 6.00. The van der Waals surface area contributed by atoms with Crippen LogP contribution >= 0.6 is 0 Å². The van der Waals surface area contributed by atoms with Crippen molar-refractivity contribution in [3.8, 4) is 11.5 Å². The maximum atomic E-state index is 6.00. The van der Waals surface area contributed by atoms with Gasteiger partial charge in [-0.1, -0.05) is 26.0 Å². The Morgan fingerprint density at radius 3 is 2.52 bits per heavy atom. The van der Waals surface area contributed by atoms with E-state index < -0.39 is 0 Å². The highest BCUT2D eigenvalue weighted by atomic mass is 16.5. The van der Waals surface area contributed by atoms with Gasteiger partial charge in [0.1, 0.15) is 17.3 Å². The second kappa shape index (κ2) is 7.35. The first-order valence-electron chi connectivity index (χ1n) is 9.93. The number of H-pyrrole nitrogens is 1. The number of fused-ring (bicyclic) bond motifs is 1. The zero-order chi connectivity index (χ0) is 18.9. The van der Waals surface area contributed by atoms with Gasteiger partial charge in [-0.3, -0.25) is 0 Å². The van der Waals surface area contributed by atoms with Gasteiger partial charge in [0, 0.05) is 18.7 Å². The Balaban J connectivity index is 1.33. The number of benzene rings is 2. The van der Waals surface area contributed by atoms with Crippen molar-refractivity contribution in [3.05, 3.63) is 53.9 Å². The van der Waals surface area contributed by atoms with Crippen LogP contribution < -0.4 is 10.1 Å². The van der Waals surface area contributed by atoms with Crippen LogP contribution in [0.4, 0.5) is 0 Å². The summed E-state index contributed by atoms with van der Waals surface area (Å²) in [5, 5.41) is 3.72. The molecule has 1 heterocycles. The lowest BCUT2D eigenvalue weighted by Gasteiger charge is -2.34. The largest absolute Gasteiger partial charge is 0.457 e. The van der Waals surface area contributed by atoms with E-state index in [-0.39, 0.29) is 0 Å². The molecule has 1 fully saturated rings. The summed E-state index contributed by atoms with van der Waals surface area (Å²) in [7, 11) is 0. The van der Waals surface area contributed by atoms with Gasteiger partial charge in [-0.05, 0) is 67.9 Å². The minimum Gasteiger partial charge on any atom is -0.457 e. The first-order chi connectivity index (χ1) is 13.0. The van der Waals surface area contributed by atoms with Gasteiger partial charge in [0.2, 0.25) is 0 Å². The lowest BCUT2D eigenvalue weighted by molar-refractivity contribution is 0.206. The second-order valence-electron chi connectivity index (χ2n) is 8.57. The molecule has 1 aliphatic carbocycles. The van der Waals surface area contributed by atoms with Crippen LogP contribution in [-0.2, 0) is 6.54 Å². The van der Waals surface area contributed by atoms with E-state index in [4.69, 9.17) is 4.74 Å². The lowest BCUT2D eigenvalue weighted by Crippen LogP contribution is -2.35. The van der Waals surface area contributed by atoms with Crippen LogP contribution in [0, 0.1) is 12.3 Å². The number of aryl methyl sites for hydroxylation is 1. The Morgan fingerprint density at radius 2 is 1.78 bits per heavy atom. The number of nitrogens with zero attached hydrogens (tertiary/aromatic N) is 1. The monoisotopic (exact) mass is 363 g/mol. The molecule has 2 aromatic carbocycles. The van der Waals surface area contributed by atoms with Gasteiger partial charge in [0.05, 0.1) is 11.0 Å². The summed E-state index contributed by atoms with van der Waals surface area (Å²) >= 11 is 0. The van der Waals surface area contributed by atoms with Crippen molar-refractivity contribution in [3.63, 3.8) is 0 Å².